The van der Waals surface area contributed by atoms with Gasteiger partial charge in [-0.05, 0) is 49.6 Å². The summed E-state index contributed by atoms with van der Waals surface area (Å²) in [6, 6.07) is 16.3. The smallest absolute Gasteiger partial charge is 0.252 e. The first-order valence-electron chi connectivity index (χ1n) is 10.8. The Hall–Kier alpha value is -2.02. The second-order valence-electron chi connectivity index (χ2n) is 7.83. The molecule has 6 heteroatoms. The lowest BCUT2D eigenvalue weighted by Gasteiger charge is -2.29. The van der Waals surface area contributed by atoms with E-state index in [4.69, 9.17) is 9.47 Å². The molecule has 0 aliphatic carbocycles. The third-order valence-corrected chi connectivity index (χ3v) is 6.90. The normalized spacial score (nSPS) is 20.2. The van der Waals surface area contributed by atoms with Crippen molar-refractivity contribution in [3.8, 4) is 0 Å². The van der Waals surface area contributed by atoms with E-state index in [0.29, 0.717) is 6.10 Å². The van der Waals surface area contributed by atoms with Crippen molar-refractivity contribution in [1.29, 1.82) is 0 Å². The molecule has 160 valence electrons. The van der Waals surface area contributed by atoms with Crippen LogP contribution in [-0.2, 0) is 9.47 Å². The Morgan fingerprint density at radius 3 is 2.63 bits per heavy atom. The summed E-state index contributed by atoms with van der Waals surface area (Å²) in [6.07, 6.45) is 2.55. The highest BCUT2D eigenvalue weighted by molar-refractivity contribution is 7.99. The molecule has 1 N–H and O–H groups in total. The number of ether oxygens (including phenoxy) is 2. The molecule has 1 amide bonds. The minimum absolute atomic E-state index is 0.0322. The molecule has 0 saturated carbocycles. The molecular weight excluding hydrogens is 396 g/mol. The molecule has 30 heavy (non-hydrogen) atoms. The number of carbonyl (C=O) groups excluding carboxylic acids is 1. The maximum Gasteiger partial charge on any atom is 0.252 e. The summed E-state index contributed by atoms with van der Waals surface area (Å²) < 4.78 is 11.1. The lowest BCUT2D eigenvalue weighted by atomic mass is 10.1. The Morgan fingerprint density at radius 2 is 1.90 bits per heavy atom. The van der Waals surface area contributed by atoms with Gasteiger partial charge in [0.15, 0.2) is 0 Å². The molecule has 2 aliphatic rings. The minimum Gasteiger partial charge on any atom is -0.378 e. The standard InChI is InChI=1S/C24H30N2O3S/c1-18(19-8-10-20(11-9-19)26-12-15-28-16-13-26)25-24(27)22-6-2-3-7-23(22)30-17-21-5-4-14-29-21/h2-3,6-11,18,21H,4-5,12-17H2,1H3,(H,25,27). The van der Waals surface area contributed by atoms with Gasteiger partial charge in [-0.3, -0.25) is 4.79 Å². The first-order valence-corrected chi connectivity index (χ1v) is 11.8. The van der Waals surface area contributed by atoms with E-state index < -0.39 is 0 Å². The third kappa shape index (κ3) is 5.36. The lowest BCUT2D eigenvalue weighted by Crippen LogP contribution is -2.36. The van der Waals surface area contributed by atoms with Gasteiger partial charge in [0, 0.05) is 36.0 Å². The van der Waals surface area contributed by atoms with Gasteiger partial charge in [-0.2, -0.15) is 0 Å². The van der Waals surface area contributed by atoms with Gasteiger partial charge in [0.1, 0.15) is 0 Å². The van der Waals surface area contributed by atoms with Crippen LogP contribution in [0, 0.1) is 0 Å². The molecule has 2 heterocycles. The first kappa shape index (κ1) is 21.2. The fraction of sp³-hybridized carbons (Fsp3) is 0.458. The maximum absolute atomic E-state index is 13.0. The van der Waals surface area contributed by atoms with E-state index >= 15 is 0 Å². The Kier molecular flexibility index (Phi) is 7.31. The number of carbonyl (C=O) groups is 1. The van der Waals surface area contributed by atoms with Crippen LogP contribution in [0.25, 0.3) is 0 Å². The number of hydrogen-bond acceptors (Lipinski definition) is 5. The van der Waals surface area contributed by atoms with E-state index in [1.807, 2.05) is 31.2 Å². The average Bonchev–Trinajstić information content (AvgIpc) is 3.32. The Labute approximate surface area is 183 Å². The fourth-order valence-corrected chi connectivity index (χ4v) is 5.01. The molecule has 0 spiro atoms. The van der Waals surface area contributed by atoms with E-state index in [1.165, 1.54) is 5.69 Å². The molecule has 2 aromatic carbocycles. The summed E-state index contributed by atoms with van der Waals surface area (Å²) in [5.74, 6) is 0.859. The van der Waals surface area contributed by atoms with Gasteiger partial charge in [-0.1, -0.05) is 24.3 Å². The summed E-state index contributed by atoms with van der Waals surface area (Å²) in [5.41, 5.74) is 3.04. The van der Waals surface area contributed by atoms with Gasteiger partial charge in [0.05, 0.1) is 30.9 Å². The molecule has 2 aliphatic heterocycles. The molecule has 0 radical (unpaired) electrons. The van der Waals surface area contributed by atoms with Crippen LogP contribution in [0.15, 0.2) is 53.4 Å². The number of amides is 1. The molecule has 2 saturated heterocycles. The predicted molar refractivity (Wildman–Crippen MR) is 121 cm³/mol. The third-order valence-electron chi connectivity index (χ3n) is 5.70. The van der Waals surface area contributed by atoms with E-state index in [2.05, 4.69) is 34.5 Å². The number of benzene rings is 2. The van der Waals surface area contributed by atoms with Crippen molar-refractivity contribution in [1.82, 2.24) is 5.32 Å². The van der Waals surface area contributed by atoms with Crippen molar-refractivity contribution in [2.45, 2.75) is 36.8 Å². The van der Waals surface area contributed by atoms with E-state index in [-0.39, 0.29) is 11.9 Å². The summed E-state index contributed by atoms with van der Waals surface area (Å²) >= 11 is 1.71. The topological polar surface area (TPSA) is 50.8 Å². The van der Waals surface area contributed by atoms with Crippen molar-refractivity contribution in [2.24, 2.45) is 0 Å². The molecule has 2 fully saturated rings. The average molecular weight is 427 g/mol. The van der Waals surface area contributed by atoms with E-state index in [0.717, 1.165) is 67.5 Å². The Morgan fingerprint density at radius 1 is 1.13 bits per heavy atom. The van der Waals surface area contributed by atoms with Crippen LogP contribution in [-0.4, -0.2) is 50.7 Å². The molecule has 0 bridgehead atoms. The van der Waals surface area contributed by atoms with Gasteiger partial charge >= 0.3 is 0 Å². The first-order chi connectivity index (χ1) is 14.7. The molecule has 2 aromatic rings. The number of morpholine rings is 1. The second-order valence-corrected chi connectivity index (χ2v) is 8.89. The van der Waals surface area contributed by atoms with Gasteiger partial charge in [-0.25, -0.2) is 0 Å². The van der Waals surface area contributed by atoms with Crippen molar-refractivity contribution in [3.05, 3.63) is 59.7 Å². The van der Waals surface area contributed by atoms with Crippen molar-refractivity contribution in [3.63, 3.8) is 0 Å². The quantitative estimate of drug-likeness (QED) is 0.670. The number of hydrogen-bond donors (Lipinski definition) is 1. The number of thioether (sulfide) groups is 1. The van der Waals surface area contributed by atoms with Gasteiger partial charge < -0.3 is 19.7 Å². The molecule has 2 unspecified atom stereocenters. The van der Waals surface area contributed by atoms with Crippen LogP contribution in [0.4, 0.5) is 5.69 Å². The molecular formula is C24H30N2O3S. The summed E-state index contributed by atoms with van der Waals surface area (Å²) in [4.78, 5) is 16.3. The van der Waals surface area contributed by atoms with Gasteiger partial charge in [0.25, 0.3) is 5.91 Å². The minimum atomic E-state index is -0.0625. The summed E-state index contributed by atoms with van der Waals surface area (Å²) in [5, 5.41) is 3.16. The lowest BCUT2D eigenvalue weighted by molar-refractivity contribution is 0.0936. The number of rotatable bonds is 7. The molecule has 2 atom stereocenters. The van der Waals surface area contributed by atoms with Crippen LogP contribution in [0.3, 0.4) is 0 Å². The monoisotopic (exact) mass is 426 g/mol. The summed E-state index contributed by atoms with van der Waals surface area (Å²) in [7, 11) is 0. The fourth-order valence-electron chi connectivity index (χ4n) is 3.89. The highest BCUT2D eigenvalue weighted by Crippen LogP contribution is 2.27. The molecule has 5 nitrogen and oxygen atoms in total. The molecule has 0 aromatic heterocycles. The number of nitrogens with one attached hydrogen (secondary N) is 1. The zero-order valence-corrected chi connectivity index (χ0v) is 18.3. The Bertz CT molecular complexity index is 831. The van der Waals surface area contributed by atoms with E-state index in [9.17, 15) is 4.79 Å². The summed E-state index contributed by atoms with van der Waals surface area (Å²) in [6.45, 7) is 6.29. The van der Waals surface area contributed by atoms with Crippen molar-refractivity contribution >= 4 is 23.4 Å². The van der Waals surface area contributed by atoms with Crippen LogP contribution in [0.5, 0.6) is 0 Å². The zero-order chi connectivity index (χ0) is 20.8. The van der Waals surface area contributed by atoms with Gasteiger partial charge in [0.2, 0.25) is 0 Å². The zero-order valence-electron chi connectivity index (χ0n) is 17.5. The van der Waals surface area contributed by atoms with Crippen molar-refractivity contribution in [2.75, 3.05) is 43.6 Å². The van der Waals surface area contributed by atoms with E-state index in [1.54, 1.807) is 11.8 Å². The van der Waals surface area contributed by atoms with Crippen LogP contribution >= 0.6 is 11.8 Å². The highest BCUT2D eigenvalue weighted by Gasteiger charge is 2.19. The number of nitrogens with zero attached hydrogens (tertiary/aromatic N) is 1. The van der Waals surface area contributed by atoms with Crippen LogP contribution < -0.4 is 10.2 Å². The Balaban J connectivity index is 1.37. The SMILES string of the molecule is CC(NC(=O)c1ccccc1SCC1CCCO1)c1ccc(N2CCOCC2)cc1. The van der Waals surface area contributed by atoms with Crippen LogP contribution in [0.1, 0.15) is 41.7 Å². The predicted octanol–water partition coefficient (Wildman–Crippen LogP) is 4.29. The van der Waals surface area contributed by atoms with Gasteiger partial charge in [-0.15, -0.1) is 11.8 Å². The second kappa shape index (κ2) is 10.3. The highest BCUT2D eigenvalue weighted by atomic mass is 32.2. The largest absolute Gasteiger partial charge is 0.378 e. The maximum atomic E-state index is 13.0. The number of anilines is 1. The molecule has 4 rings (SSSR count). The van der Waals surface area contributed by atoms with Crippen LogP contribution in [0.2, 0.25) is 0 Å². The van der Waals surface area contributed by atoms with Crippen molar-refractivity contribution < 1.29 is 14.3 Å².